The molecule has 0 spiro atoms. The molecule has 5 nitrogen and oxygen atoms in total. The zero-order valence-electron chi connectivity index (χ0n) is 8.23. The van der Waals surface area contributed by atoms with E-state index in [1.54, 1.807) is 25.1 Å². The summed E-state index contributed by atoms with van der Waals surface area (Å²) < 4.78 is 27.2. The lowest BCUT2D eigenvalue weighted by atomic mass is 10.2. The number of hydrogen-bond donors (Lipinski definition) is 2. The van der Waals surface area contributed by atoms with Crippen LogP contribution in [0.15, 0.2) is 24.3 Å². The van der Waals surface area contributed by atoms with Gasteiger partial charge in [0.05, 0.1) is 5.69 Å². The van der Waals surface area contributed by atoms with Crippen molar-refractivity contribution in [2.24, 2.45) is 0 Å². The van der Waals surface area contributed by atoms with Crippen LogP contribution < -0.4 is 9.44 Å². The van der Waals surface area contributed by atoms with Gasteiger partial charge in [-0.25, -0.2) is 0 Å². The first kappa shape index (κ1) is 11.7. The maximum atomic E-state index is 11.3. The number of aldehydes is 1. The van der Waals surface area contributed by atoms with Crippen LogP contribution in [-0.4, -0.2) is 21.2 Å². The first-order valence-electron chi connectivity index (χ1n) is 4.40. The van der Waals surface area contributed by atoms with E-state index < -0.39 is 10.2 Å². The molecule has 0 saturated carbocycles. The van der Waals surface area contributed by atoms with E-state index in [4.69, 9.17) is 0 Å². The third kappa shape index (κ3) is 3.69. The Bertz CT molecular complexity index is 442. The Hall–Kier alpha value is -1.40. The van der Waals surface area contributed by atoms with Gasteiger partial charge in [0.2, 0.25) is 0 Å². The smallest absolute Gasteiger partial charge is 0.298 e. The summed E-state index contributed by atoms with van der Waals surface area (Å²) in [6, 6.07) is 6.23. The molecular formula is C9H12N2O3S. The highest BCUT2D eigenvalue weighted by atomic mass is 32.2. The fraction of sp³-hybridized carbons (Fsp3) is 0.222. The Balaban J connectivity index is 2.85. The van der Waals surface area contributed by atoms with Crippen molar-refractivity contribution in [1.82, 2.24) is 4.72 Å². The topological polar surface area (TPSA) is 75.3 Å². The molecule has 0 unspecified atom stereocenters. The van der Waals surface area contributed by atoms with Crippen LogP contribution in [0.5, 0.6) is 0 Å². The molecule has 0 bridgehead atoms. The average molecular weight is 228 g/mol. The Morgan fingerprint density at radius 3 is 2.73 bits per heavy atom. The third-order valence-electron chi connectivity index (χ3n) is 1.61. The predicted octanol–water partition coefficient (Wildman–Crippen LogP) is 0.765. The number of carbonyl (C=O) groups excluding carboxylic acids is 1. The molecule has 0 saturated heterocycles. The summed E-state index contributed by atoms with van der Waals surface area (Å²) in [6.45, 7) is 1.99. The normalized spacial score (nSPS) is 11.0. The number of carbonyl (C=O) groups is 1. The van der Waals surface area contributed by atoms with Crippen LogP contribution in [0.3, 0.4) is 0 Å². The van der Waals surface area contributed by atoms with Crippen LogP contribution in [-0.2, 0) is 10.2 Å². The SMILES string of the molecule is CCNS(=O)(=O)Nc1cccc(C=O)c1. The van der Waals surface area contributed by atoms with Crippen molar-refractivity contribution < 1.29 is 13.2 Å². The van der Waals surface area contributed by atoms with Crippen molar-refractivity contribution in [3.63, 3.8) is 0 Å². The molecule has 1 aromatic carbocycles. The Morgan fingerprint density at radius 1 is 1.40 bits per heavy atom. The molecule has 0 aliphatic carbocycles. The quantitative estimate of drug-likeness (QED) is 0.731. The van der Waals surface area contributed by atoms with Gasteiger partial charge in [0.25, 0.3) is 10.2 Å². The second-order valence-electron chi connectivity index (χ2n) is 2.85. The fourth-order valence-corrected chi connectivity index (χ4v) is 1.95. The monoisotopic (exact) mass is 228 g/mol. The summed E-state index contributed by atoms with van der Waals surface area (Å²) in [5.74, 6) is 0. The molecule has 0 aliphatic heterocycles. The van der Waals surface area contributed by atoms with Gasteiger partial charge in [0, 0.05) is 12.1 Å². The molecular weight excluding hydrogens is 216 g/mol. The molecule has 0 heterocycles. The van der Waals surface area contributed by atoms with E-state index in [0.29, 0.717) is 24.1 Å². The lowest BCUT2D eigenvalue weighted by Gasteiger charge is -2.07. The van der Waals surface area contributed by atoms with Gasteiger partial charge in [-0.1, -0.05) is 19.1 Å². The Morgan fingerprint density at radius 2 is 2.13 bits per heavy atom. The van der Waals surface area contributed by atoms with Crippen LogP contribution >= 0.6 is 0 Å². The highest BCUT2D eigenvalue weighted by molar-refractivity contribution is 7.90. The van der Waals surface area contributed by atoms with Gasteiger partial charge < -0.3 is 0 Å². The third-order valence-corrected chi connectivity index (χ3v) is 2.78. The minimum atomic E-state index is -3.53. The molecule has 82 valence electrons. The number of hydrogen-bond acceptors (Lipinski definition) is 3. The lowest BCUT2D eigenvalue weighted by molar-refractivity contribution is 0.112. The van der Waals surface area contributed by atoms with Gasteiger partial charge in [-0.3, -0.25) is 9.52 Å². The first-order chi connectivity index (χ1) is 7.07. The Kier molecular flexibility index (Phi) is 3.81. The maximum absolute atomic E-state index is 11.3. The zero-order valence-corrected chi connectivity index (χ0v) is 9.04. The summed E-state index contributed by atoms with van der Waals surface area (Å²) in [5, 5.41) is 0. The zero-order chi connectivity index (χ0) is 11.3. The standard InChI is InChI=1S/C9H12N2O3S/c1-2-10-15(13,14)11-9-5-3-4-8(6-9)7-12/h3-7,10-11H,2H2,1H3. The molecule has 0 amide bonds. The van der Waals surface area contributed by atoms with E-state index in [2.05, 4.69) is 9.44 Å². The van der Waals surface area contributed by atoms with Crippen molar-refractivity contribution in [3.05, 3.63) is 29.8 Å². The molecule has 0 aliphatic rings. The first-order valence-corrected chi connectivity index (χ1v) is 5.88. The van der Waals surface area contributed by atoms with Crippen molar-refractivity contribution >= 4 is 22.2 Å². The van der Waals surface area contributed by atoms with Crippen LogP contribution in [0.1, 0.15) is 17.3 Å². The number of rotatable bonds is 5. The van der Waals surface area contributed by atoms with E-state index in [0.717, 1.165) is 0 Å². The number of nitrogens with one attached hydrogen (secondary N) is 2. The van der Waals surface area contributed by atoms with Crippen LogP contribution in [0.25, 0.3) is 0 Å². The molecule has 0 aromatic heterocycles. The van der Waals surface area contributed by atoms with Crippen molar-refractivity contribution in [2.75, 3.05) is 11.3 Å². The van der Waals surface area contributed by atoms with Gasteiger partial charge in [0.15, 0.2) is 0 Å². The summed E-state index contributed by atoms with van der Waals surface area (Å²) in [4.78, 5) is 10.5. The largest absolute Gasteiger partial charge is 0.299 e. The predicted molar refractivity (Wildman–Crippen MR) is 58.0 cm³/mol. The summed E-state index contributed by atoms with van der Waals surface area (Å²) in [7, 11) is -3.53. The van der Waals surface area contributed by atoms with Gasteiger partial charge >= 0.3 is 0 Å². The second-order valence-corrected chi connectivity index (χ2v) is 4.35. The minimum Gasteiger partial charge on any atom is -0.298 e. The second kappa shape index (κ2) is 4.90. The minimum absolute atomic E-state index is 0.308. The molecule has 1 aromatic rings. The summed E-state index contributed by atoms with van der Waals surface area (Å²) in [6.07, 6.45) is 0.658. The van der Waals surface area contributed by atoms with Gasteiger partial charge in [-0.05, 0) is 12.1 Å². The molecule has 15 heavy (non-hydrogen) atoms. The van der Waals surface area contributed by atoms with Gasteiger partial charge in [-0.2, -0.15) is 13.1 Å². The number of benzene rings is 1. The Labute approximate surface area is 88.7 Å². The highest BCUT2D eigenvalue weighted by Gasteiger charge is 2.07. The van der Waals surface area contributed by atoms with Crippen LogP contribution in [0, 0.1) is 0 Å². The van der Waals surface area contributed by atoms with Gasteiger partial charge in [0.1, 0.15) is 6.29 Å². The number of anilines is 1. The molecule has 1 rings (SSSR count). The van der Waals surface area contributed by atoms with E-state index >= 15 is 0 Å². The molecule has 0 radical (unpaired) electrons. The van der Waals surface area contributed by atoms with Gasteiger partial charge in [-0.15, -0.1) is 0 Å². The molecule has 0 fully saturated rings. The molecule has 0 atom stereocenters. The average Bonchev–Trinajstić information content (AvgIpc) is 2.17. The fourth-order valence-electron chi connectivity index (χ4n) is 1.06. The summed E-state index contributed by atoms with van der Waals surface area (Å²) in [5.41, 5.74) is 0.784. The molecule has 2 N–H and O–H groups in total. The van der Waals surface area contributed by atoms with E-state index in [-0.39, 0.29) is 0 Å². The van der Waals surface area contributed by atoms with Crippen molar-refractivity contribution in [3.8, 4) is 0 Å². The van der Waals surface area contributed by atoms with Crippen molar-refractivity contribution in [1.29, 1.82) is 0 Å². The van der Waals surface area contributed by atoms with E-state index in [1.807, 2.05) is 0 Å². The van der Waals surface area contributed by atoms with Crippen LogP contribution in [0.2, 0.25) is 0 Å². The van der Waals surface area contributed by atoms with Crippen molar-refractivity contribution in [2.45, 2.75) is 6.92 Å². The van der Waals surface area contributed by atoms with Crippen LogP contribution in [0.4, 0.5) is 5.69 Å². The lowest BCUT2D eigenvalue weighted by Crippen LogP contribution is -2.29. The van der Waals surface area contributed by atoms with E-state index in [9.17, 15) is 13.2 Å². The van der Waals surface area contributed by atoms with E-state index in [1.165, 1.54) is 6.07 Å². The highest BCUT2D eigenvalue weighted by Crippen LogP contribution is 2.10. The summed E-state index contributed by atoms with van der Waals surface area (Å²) >= 11 is 0. The maximum Gasteiger partial charge on any atom is 0.299 e. The molecule has 6 heteroatoms.